The number of anilines is 1. The Labute approximate surface area is 107 Å². The molecule has 1 aliphatic rings. The Balaban J connectivity index is 2.21. The largest absolute Gasteiger partial charge is 0.391 e. The second kappa shape index (κ2) is 5.19. The van der Waals surface area contributed by atoms with Crippen LogP contribution in [0.2, 0.25) is 5.15 Å². The molecule has 17 heavy (non-hydrogen) atoms. The molecule has 0 aromatic carbocycles. The number of rotatable bonds is 3. The molecule has 1 fully saturated rings. The molecule has 0 bridgehead atoms. The number of aliphatic hydroxyl groups excluding tert-OH is 1. The normalized spacial score (nSPS) is 20.3. The Morgan fingerprint density at radius 3 is 2.88 bits per heavy atom. The van der Waals surface area contributed by atoms with E-state index in [9.17, 15) is 5.11 Å². The van der Waals surface area contributed by atoms with Gasteiger partial charge in [0.25, 0.3) is 0 Å². The van der Waals surface area contributed by atoms with Gasteiger partial charge in [-0.3, -0.25) is 0 Å². The third-order valence-corrected chi connectivity index (χ3v) is 3.82. The Morgan fingerprint density at radius 1 is 1.53 bits per heavy atom. The van der Waals surface area contributed by atoms with Crippen LogP contribution in [0.3, 0.4) is 0 Å². The monoisotopic (exact) mass is 255 g/mol. The topological polar surface area (TPSA) is 49.2 Å². The zero-order valence-corrected chi connectivity index (χ0v) is 11.0. The van der Waals surface area contributed by atoms with Gasteiger partial charge >= 0.3 is 0 Å². The number of nitrogens with zero attached hydrogens (tertiary/aromatic N) is 3. The zero-order chi connectivity index (χ0) is 12.4. The molecule has 0 aliphatic carbocycles. The SMILES string of the molecule is CC(C)C1CCN(c2ncnc(Cl)c2CO)C1. The lowest BCUT2D eigenvalue weighted by Gasteiger charge is -2.21. The zero-order valence-electron chi connectivity index (χ0n) is 10.2. The lowest BCUT2D eigenvalue weighted by molar-refractivity contribution is 0.281. The maximum atomic E-state index is 9.34. The van der Waals surface area contributed by atoms with Crippen molar-refractivity contribution in [2.75, 3.05) is 18.0 Å². The maximum absolute atomic E-state index is 9.34. The summed E-state index contributed by atoms with van der Waals surface area (Å²) in [6.07, 6.45) is 2.63. The summed E-state index contributed by atoms with van der Waals surface area (Å²) < 4.78 is 0. The molecule has 94 valence electrons. The first-order valence-electron chi connectivity index (χ1n) is 5.98. The van der Waals surface area contributed by atoms with Crippen LogP contribution < -0.4 is 4.90 Å². The molecule has 2 heterocycles. The van der Waals surface area contributed by atoms with Crippen molar-refractivity contribution >= 4 is 17.4 Å². The molecule has 1 aliphatic heterocycles. The first-order chi connectivity index (χ1) is 8.13. The maximum Gasteiger partial charge on any atom is 0.140 e. The van der Waals surface area contributed by atoms with E-state index >= 15 is 0 Å². The minimum atomic E-state index is -0.113. The van der Waals surface area contributed by atoms with Crippen molar-refractivity contribution in [3.8, 4) is 0 Å². The predicted octanol–water partition coefficient (Wildman–Crippen LogP) is 2.10. The van der Waals surface area contributed by atoms with Gasteiger partial charge in [0, 0.05) is 13.1 Å². The van der Waals surface area contributed by atoms with Crippen LogP contribution in [0.4, 0.5) is 5.82 Å². The van der Waals surface area contributed by atoms with Crippen molar-refractivity contribution in [1.82, 2.24) is 9.97 Å². The van der Waals surface area contributed by atoms with E-state index in [1.807, 2.05) is 0 Å². The van der Waals surface area contributed by atoms with Crippen molar-refractivity contribution in [3.63, 3.8) is 0 Å². The second-order valence-electron chi connectivity index (χ2n) is 4.86. The van der Waals surface area contributed by atoms with Crippen LogP contribution in [-0.4, -0.2) is 28.2 Å². The summed E-state index contributed by atoms with van der Waals surface area (Å²) in [4.78, 5) is 10.4. The van der Waals surface area contributed by atoms with Crippen LogP contribution >= 0.6 is 11.6 Å². The second-order valence-corrected chi connectivity index (χ2v) is 5.22. The summed E-state index contributed by atoms with van der Waals surface area (Å²) in [5.74, 6) is 2.15. The number of aliphatic hydroxyl groups is 1. The highest BCUT2D eigenvalue weighted by Crippen LogP contribution is 2.30. The van der Waals surface area contributed by atoms with E-state index < -0.39 is 0 Å². The van der Waals surface area contributed by atoms with Crippen LogP contribution in [0.5, 0.6) is 0 Å². The van der Waals surface area contributed by atoms with Gasteiger partial charge in [-0.05, 0) is 18.3 Å². The molecule has 1 unspecified atom stereocenters. The van der Waals surface area contributed by atoms with Gasteiger partial charge in [0.05, 0.1) is 12.2 Å². The van der Waals surface area contributed by atoms with E-state index in [1.165, 1.54) is 12.7 Å². The fourth-order valence-electron chi connectivity index (χ4n) is 2.31. The van der Waals surface area contributed by atoms with Gasteiger partial charge in [0.15, 0.2) is 0 Å². The molecule has 0 saturated carbocycles. The molecule has 1 N–H and O–H groups in total. The summed E-state index contributed by atoms with van der Waals surface area (Å²) in [5, 5.41) is 9.70. The van der Waals surface area contributed by atoms with E-state index in [1.54, 1.807) is 0 Å². The predicted molar refractivity (Wildman–Crippen MR) is 68.1 cm³/mol. The molecular weight excluding hydrogens is 238 g/mol. The molecule has 1 saturated heterocycles. The Morgan fingerprint density at radius 2 is 2.29 bits per heavy atom. The van der Waals surface area contributed by atoms with Crippen molar-refractivity contribution in [2.24, 2.45) is 11.8 Å². The quantitative estimate of drug-likeness (QED) is 0.841. The summed E-state index contributed by atoms with van der Waals surface area (Å²) in [7, 11) is 0. The summed E-state index contributed by atoms with van der Waals surface area (Å²) in [5.41, 5.74) is 0.638. The fraction of sp³-hybridized carbons (Fsp3) is 0.667. The third kappa shape index (κ3) is 2.53. The lowest BCUT2D eigenvalue weighted by Crippen LogP contribution is -2.23. The Bertz CT molecular complexity index is 397. The van der Waals surface area contributed by atoms with Crippen LogP contribution in [0.25, 0.3) is 0 Å². The molecular formula is C12H18ClN3O. The molecule has 1 atom stereocenters. The summed E-state index contributed by atoms with van der Waals surface area (Å²) in [6.45, 7) is 6.33. The molecule has 4 nitrogen and oxygen atoms in total. The lowest BCUT2D eigenvalue weighted by atomic mass is 9.95. The Hall–Kier alpha value is -0.870. The number of aromatic nitrogens is 2. The van der Waals surface area contributed by atoms with Crippen LogP contribution in [-0.2, 0) is 6.61 Å². The molecule has 2 rings (SSSR count). The van der Waals surface area contributed by atoms with Crippen LogP contribution in [0, 0.1) is 11.8 Å². The molecule has 1 aromatic rings. The van der Waals surface area contributed by atoms with Gasteiger partial charge in [-0.15, -0.1) is 0 Å². The number of halogens is 1. The van der Waals surface area contributed by atoms with Gasteiger partial charge in [-0.25, -0.2) is 9.97 Å². The summed E-state index contributed by atoms with van der Waals surface area (Å²) in [6, 6.07) is 0. The van der Waals surface area contributed by atoms with Crippen molar-refractivity contribution < 1.29 is 5.11 Å². The first kappa shape index (κ1) is 12.6. The fourth-order valence-corrected chi connectivity index (χ4v) is 2.50. The van der Waals surface area contributed by atoms with Gasteiger partial charge in [-0.1, -0.05) is 25.4 Å². The van der Waals surface area contributed by atoms with Gasteiger partial charge < -0.3 is 10.0 Å². The van der Waals surface area contributed by atoms with Gasteiger partial charge in [0.2, 0.25) is 0 Å². The van der Waals surface area contributed by atoms with Gasteiger partial charge in [-0.2, -0.15) is 0 Å². The summed E-state index contributed by atoms with van der Waals surface area (Å²) >= 11 is 5.97. The molecule has 0 spiro atoms. The van der Waals surface area contributed by atoms with E-state index in [4.69, 9.17) is 11.6 Å². The van der Waals surface area contributed by atoms with Crippen molar-refractivity contribution in [2.45, 2.75) is 26.9 Å². The highest BCUT2D eigenvalue weighted by atomic mass is 35.5. The van der Waals surface area contributed by atoms with E-state index in [2.05, 4.69) is 28.7 Å². The van der Waals surface area contributed by atoms with Crippen molar-refractivity contribution in [3.05, 3.63) is 17.0 Å². The minimum absolute atomic E-state index is 0.113. The number of hydrogen-bond donors (Lipinski definition) is 1. The van der Waals surface area contributed by atoms with E-state index in [0.29, 0.717) is 22.6 Å². The smallest absolute Gasteiger partial charge is 0.140 e. The van der Waals surface area contributed by atoms with Crippen molar-refractivity contribution in [1.29, 1.82) is 0 Å². The highest BCUT2D eigenvalue weighted by Gasteiger charge is 2.27. The first-order valence-corrected chi connectivity index (χ1v) is 6.36. The van der Waals surface area contributed by atoms with Crippen LogP contribution in [0.15, 0.2) is 6.33 Å². The molecule has 0 radical (unpaired) electrons. The average Bonchev–Trinajstić information content (AvgIpc) is 2.77. The average molecular weight is 256 g/mol. The minimum Gasteiger partial charge on any atom is -0.391 e. The highest BCUT2D eigenvalue weighted by molar-refractivity contribution is 6.30. The van der Waals surface area contributed by atoms with E-state index in [-0.39, 0.29) is 6.61 Å². The van der Waals surface area contributed by atoms with E-state index in [0.717, 1.165) is 18.9 Å². The Kier molecular flexibility index (Phi) is 3.84. The van der Waals surface area contributed by atoms with Crippen LogP contribution in [0.1, 0.15) is 25.8 Å². The standard InChI is InChI=1S/C12H18ClN3O/c1-8(2)9-3-4-16(5-9)12-10(6-17)11(13)14-7-15-12/h7-9,17H,3-6H2,1-2H3. The molecule has 1 aromatic heterocycles. The number of hydrogen-bond acceptors (Lipinski definition) is 4. The molecule has 5 heteroatoms. The molecule has 0 amide bonds. The van der Waals surface area contributed by atoms with Gasteiger partial charge in [0.1, 0.15) is 17.3 Å². The third-order valence-electron chi connectivity index (χ3n) is 3.50.